The largest absolute Gasteiger partial charge is 0.412 e. The van der Waals surface area contributed by atoms with Crippen LogP contribution >= 0.6 is 0 Å². The minimum absolute atomic E-state index is 0. The van der Waals surface area contributed by atoms with Crippen molar-refractivity contribution in [2.24, 2.45) is 0 Å². The van der Waals surface area contributed by atoms with E-state index in [0.717, 1.165) is 0 Å². The molecule has 0 aromatic heterocycles. The van der Waals surface area contributed by atoms with Crippen LogP contribution in [0.1, 0.15) is 0 Å². The third-order valence-electron chi connectivity index (χ3n) is 0. The molecule has 12 N–H and O–H groups in total. The van der Waals surface area contributed by atoms with Crippen LogP contribution in [0, 0.1) is 0 Å². The summed E-state index contributed by atoms with van der Waals surface area (Å²) in [6, 6.07) is 0. The Morgan fingerprint density at radius 2 is 0.286 bits per heavy atom. The molecule has 0 aromatic rings. The van der Waals surface area contributed by atoms with Gasteiger partial charge < -0.3 is 32.9 Å². The van der Waals surface area contributed by atoms with Crippen LogP contribution in [0.25, 0.3) is 0 Å². The fraction of sp³-hybridized carbons (Fsp3) is 0. The van der Waals surface area contributed by atoms with Gasteiger partial charge in [-0.3, -0.25) is 0 Å². The third kappa shape index (κ3) is 118. The summed E-state index contributed by atoms with van der Waals surface area (Å²) in [6.07, 6.45) is 0. The zero-order valence-corrected chi connectivity index (χ0v) is 8.15. The molecule has 7 heavy (non-hydrogen) atoms. The standard InChI is InChI=1S/Ba.6H2O/h;6*1H2. The molecule has 0 aliphatic heterocycles. The van der Waals surface area contributed by atoms with Gasteiger partial charge >= 0.3 is 0 Å². The van der Waals surface area contributed by atoms with Crippen LogP contribution in [-0.2, 0) is 0 Å². The van der Waals surface area contributed by atoms with Gasteiger partial charge in [-0.1, -0.05) is 0 Å². The van der Waals surface area contributed by atoms with E-state index in [1.54, 1.807) is 0 Å². The van der Waals surface area contributed by atoms with Gasteiger partial charge in [0.1, 0.15) is 0 Å². The minimum Gasteiger partial charge on any atom is -0.412 e. The molecule has 0 fully saturated rings. The molecule has 7 heteroatoms. The van der Waals surface area contributed by atoms with Gasteiger partial charge in [0.25, 0.3) is 0 Å². The molecule has 2 radical (unpaired) electrons. The summed E-state index contributed by atoms with van der Waals surface area (Å²) < 4.78 is 0. The quantitative estimate of drug-likeness (QED) is 0.369. The molecule has 0 aliphatic rings. The third-order valence-corrected chi connectivity index (χ3v) is 0. The zero-order chi connectivity index (χ0) is 0. The van der Waals surface area contributed by atoms with E-state index in [1.165, 1.54) is 0 Å². The molecule has 0 saturated carbocycles. The van der Waals surface area contributed by atoms with E-state index in [2.05, 4.69) is 0 Å². The summed E-state index contributed by atoms with van der Waals surface area (Å²) in [6.45, 7) is 0. The van der Waals surface area contributed by atoms with Gasteiger partial charge in [-0.25, -0.2) is 0 Å². The summed E-state index contributed by atoms with van der Waals surface area (Å²) in [5.74, 6) is 0. The first-order valence-corrected chi connectivity index (χ1v) is 0. The normalized spacial score (nSPS) is 0. The van der Waals surface area contributed by atoms with Crippen molar-refractivity contribution >= 4 is 48.9 Å². The zero-order valence-electron chi connectivity index (χ0n) is 3.71. The summed E-state index contributed by atoms with van der Waals surface area (Å²) >= 11 is 0. The summed E-state index contributed by atoms with van der Waals surface area (Å²) in [5.41, 5.74) is 0. The molecule has 50 valence electrons. The van der Waals surface area contributed by atoms with E-state index in [4.69, 9.17) is 0 Å². The topological polar surface area (TPSA) is 189 Å². The van der Waals surface area contributed by atoms with Gasteiger partial charge in [-0.05, 0) is 0 Å². The van der Waals surface area contributed by atoms with Crippen molar-refractivity contribution in [3.63, 3.8) is 0 Å². The van der Waals surface area contributed by atoms with Gasteiger partial charge in [0.15, 0.2) is 0 Å². The van der Waals surface area contributed by atoms with Crippen LogP contribution in [0.5, 0.6) is 0 Å². The maximum atomic E-state index is 0. The predicted octanol–water partition coefficient (Wildman–Crippen LogP) is -5.33. The van der Waals surface area contributed by atoms with E-state index in [-0.39, 0.29) is 81.7 Å². The fourth-order valence-corrected chi connectivity index (χ4v) is 0. The van der Waals surface area contributed by atoms with Crippen molar-refractivity contribution < 1.29 is 32.9 Å². The van der Waals surface area contributed by atoms with Gasteiger partial charge in [-0.2, -0.15) is 0 Å². The number of rotatable bonds is 0. The summed E-state index contributed by atoms with van der Waals surface area (Å²) in [4.78, 5) is 0. The summed E-state index contributed by atoms with van der Waals surface area (Å²) in [5, 5.41) is 0. The van der Waals surface area contributed by atoms with Crippen molar-refractivity contribution in [3.8, 4) is 0 Å². The fourth-order valence-electron chi connectivity index (χ4n) is 0. The van der Waals surface area contributed by atoms with Crippen LogP contribution in [0.3, 0.4) is 0 Å². The minimum atomic E-state index is 0. The van der Waals surface area contributed by atoms with Gasteiger partial charge in [-0.15, -0.1) is 0 Å². The molecule has 0 spiro atoms. The molecule has 0 amide bonds. The van der Waals surface area contributed by atoms with E-state index < -0.39 is 0 Å². The van der Waals surface area contributed by atoms with E-state index in [0.29, 0.717) is 0 Å². The molecule has 0 aromatic carbocycles. The van der Waals surface area contributed by atoms with Gasteiger partial charge in [0.05, 0.1) is 0 Å². The Bertz CT molecular complexity index is 4.14. The molecular formula is H12BaO6. The van der Waals surface area contributed by atoms with E-state index in [9.17, 15) is 0 Å². The second kappa shape index (κ2) is 166. The second-order valence-electron chi connectivity index (χ2n) is 0. The predicted molar refractivity (Wildman–Crippen MR) is 27.4 cm³/mol. The van der Waals surface area contributed by atoms with Gasteiger partial charge in [0.2, 0.25) is 0 Å². The number of hydrogen-bond donors (Lipinski definition) is 0. The Kier molecular flexibility index (Phi) is 5980. The molecule has 0 heterocycles. The Morgan fingerprint density at radius 1 is 0.286 bits per heavy atom. The monoisotopic (exact) mass is 246 g/mol. The van der Waals surface area contributed by atoms with Crippen molar-refractivity contribution in [2.75, 3.05) is 0 Å². The molecule has 0 saturated heterocycles. The second-order valence-corrected chi connectivity index (χ2v) is 0. The first-order chi connectivity index (χ1) is 0. The average Bonchev–Trinajstić information content (AvgIpc) is 0. The van der Waals surface area contributed by atoms with Crippen LogP contribution < -0.4 is 0 Å². The Hall–Kier alpha value is 1.33. The van der Waals surface area contributed by atoms with Crippen molar-refractivity contribution in [1.29, 1.82) is 0 Å². The average molecular weight is 245 g/mol. The van der Waals surface area contributed by atoms with Crippen molar-refractivity contribution in [2.45, 2.75) is 0 Å². The maximum Gasteiger partial charge on any atom is 0 e. The molecule has 6 nitrogen and oxygen atoms in total. The molecule has 0 atom stereocenters. The Morgan fingerprint density at radius 3 is 0.286 bits per heavy atom. The van der Waals surface area contributed by atoms with Gasteiger partial charge in [0, 0.05) is 48.9 Å². The van der Waals surface area contributed by atoms with Crippen LogP contribution in [0.2, 0.25) is 0 Å². The van der Waals surface area contributed by atoms with E-state index >= 15 is 0 Å². The summed E-state index contributed by atoms with van der Waals surface area (Å²) in [7, 11) is 0. The van der Waals surface area contributed by atoms with E-state index in [1.807, 2.05) is 0 Å². The maximum absolute atomic E-state index is 0. The Labute approximate surface area is 80.8 Å². The van der Waals surface area contributed by atoms with Crippen molar-refractivity contribution in [3.05, 3.63) is 0 Å². The smallest absolute Gasteiger partial charge is 0 e. The molecule has 0 bridgehead atoms. The molecule has 0 rings (SSSR count). The van der Waals surface area contributed by atoms with Crippen molar-refractivity contribution in [1.82, 2.24) is 0 Å². The first-order valence-electron chi connectivity index (χ1n) is 0. The van der Waals surface area contributed by atoms with Crippen LogP contribution in [0.4, 0.5) is 0 Å². The van der Waals surface area contributed by atoms with Crippen LogP contribution in [-0.4, -0.2) is 81.7 Å². The molecule has 0 unspecified atom stereocenters. The molecule has 0 aliphatic carbocycles. The molecular weight excluding hydrogens is 233 g/mol. The Balaban J connectivity index is 0. The SMILES string of the molecule is O.O.O.O.O.O.[Ba]. The number of hydrogen-bond acceptors (Lipinski definition) is 0. The van der Waals surface area contributed by atoms with Crippen LogP contribution in [0.15, 0.2) is 0 Å². The first kappa shape index (κ1) is 253.